The van der Waals surface area contributed by atoms with Gasteiger partial charge in [-0.25, -0.2) is 18.7 Å². The third-order valence-electron chi connectivity index (χ3n) is 3.44. The van der Waals surface area contributed by atoms with Crippen molar-refractivity contribution >= 4 is 22.5 Å². The molecule has 3 aromatic rings. The summed E-state index contributed by atoms with van der Waals surface area (Å²) in [4.78, 5) is 20.7. The molecule has 0 radical (unpaired) electrons. The smallest absolute Gasteiger partial charge is 0.261 e. The minimum atomic E-state index is -0.795. The SMILES string of the molecule is Cc1nc2c(-c3ccc(F)cc3F)nc(Cl)cc2c(=O)n1C. The summed E-state index contributed by atoms with van der Waals surface area (Å²) in [6.07, 6.45) is 0. The van der Waals surface area contributed by atoms with Crippen molar-refractivity contribution in [1.82, 2.24) is 14.5 Å². The molecule has 1 aromatic carbocycles. The summed E-state index contributed by atoms with van der Waals surface area (Å²) in [5.74, 6) is -1.05. The molecule has 0 aliphatic rings. The van der Waals surface area contributed by atoms with Crippen molar-refractivity contribution in [3.63, 3.8) is 0 Å². The van der Waals surface area contributed by atoms with E-state index in [1.165, 1.54) is 16.7 Å². The molecule has 22 heavy (non-hydrogen) atoms. The quantitative estimate of drug-likeness (QED) is 0.646. The van der Waals surface area contributed by atoms with Crippen LogP contribution in [-0.2, 0) is 7.05 Å². The average Bonchev–Trinajstić information content (AvgIpc) is 2.46. The molecule has 0 aliphatic carbocycles. The maximum absolute atomic E-state index is 14.0. The Morgan fingerprint density at radius 2 is 1.91 bits per heavy atom. The lowest BCUT2D eigenvalue weighted by atomic mass is 10.1. The van der Waals surface area contributed by atoms with Crippen molar-refractivity contribution in [3.8, 4) is 11.3 Å². The van der Waals surface area contributed by atoms with E-state index < -0.39 is 11.6 Å². The molecule has 0 amide bonds. The Morgan fingerprint density at radius 3 is 2.59 bits per heavy atom. The Morgan fingerprint density at radius 1 is 1.18 bits per heavy atom. The van der Waals surface area contributed by atoms with E-state index >= 15 is 0 Å². The zero-order valence-corrected chi connectivity index (χ0v) is 12.4. The molecule has 0 spiro atoms. The summed E-state index contributed by atoms with van der Waals surface area (Å²) in [6.45, 7) is 1.65. The van der Waals surface area contributed by atoms with E-state index in [0.717, 1.165) is 12.1 Å². The zero-order chi connectivity index (χ0) is 16.0. The van der Waals surface area contributed by atoms with Crippen molar-refractivity contribution in [3.05, 3.63) is 57.2 Å². The molecule has 2 heterocycles. The summed E-state index contributed by atoms with van der Waals surface area (Å²) in [6, 6.07) is 4.49. The maximum Gasteiger partial charge on any atom is 0.261 e. The molecule has 0 bridgehead atoms. The molecule has 0 N–H and O–H groups in total. The molecule has 3 rings (SSSR count). The fourth-order valence-corrected chi connectivity index (χ4v) is 2.41. The van der Waals surface area contributed by atoms with Crippen LogP contribution in [0.3, 0.4) is 0 Å². The van der Waals surface area contributed by atoms with E-state index in [4.69, 9.17) is 11.6 Å². The topological polar surface area (TPSA) is 47.8 Å². The van der Waals surface area contributed by atoms with Crippen LogP contribution < -0.4 is 5.56 Å². The number of hydrogen-bond acceptors (Lipinski definition) is 3. The van der Waals surface area contributed by atoms with Gasteiger partial charge in [-0.3, -0.25) is 9.36 Å². The van der Waals surface area contributed by atoms with Crippen LogP contribution in [0.25, 0.3) is 22.2 Å². The molecular weight excluding hydrogens is 312 g/mol. The van der Waals surface area contributed by atoms with Gasteiger partial charge < -0.3 is 0 Å². The Bertz CT molecular complexity index is 969. The van der Waals surface area contributed by atoms with Gasteiger partial charge in [0.25, 0.3) is 5.56 Å². The maximum atomic E-state index is 14.0. The Balaban J connectivity index is 2.46. The summed E-state index contributed by atoms with van der Waals surface area (Å²) in [5.41, 5.74) is 0.0703. The Kier molecular flexibility index (Phi) is 3.41. The number of halogens is 3. The van der Waals surface area contributed by atoms with Crippen LogP contribution in [0, 0.1) is 18.6 Å². The molecule has 0 unspecified atom stereocenters. The van der Waals surface area contributed by atoms with Crippen LogP contribution in [0.15, 0.2) is 29.1 Å². The molecule has 0 fully saturated rings. The highest BCUT2D eigenvalue weighted by Crippen LogP contribution is 2.28. The van der Waals surface area contributed by atoms with Gasteiger partial charge in [0.2, 0.25) is 0 Å². The van der Waals surface area contributed by atoms with E-state index in [-0.39, 0.29) is 32.9 Å². The number of rotatable bonds is 1. The summed E-state index contributed by atoms with van der Waals surface area (Å²) in [5, 5.41) is 0.265. The second-order valence-corrected chi connectivity index (χ2v) is 5.22. The lowest BCUT2D eigenvalue weighted by Crippen LogP contribution is -2.21. The van der Waals surface area contributed by atoms with E-state index in [1.54, 1.807) is 14.0 Å². The standard InChI is InChI=1S/C15H10ClF2N3O/c1-7-19-14-10(15(22)21(7)2)6-12(16)20-13(14)9-4-3-8(17)5-11(9)18/h3-6H,1-2H3. The van der Waals surface area contributed by atoms with Gasteiger partial charge in [0, 0.05) is 18.7 Å². The third-order valence-corrected chi connectivity index (χ3v) is 3.64. The number of nitrogens with zero attached hydrogens (tertiary/aromatic N) is 3. The highest BCUT2D eigenvalue weighted by atomic mass is 35.5. The molecule has 0 atom stereocenters. The van der Waals surface area contributed by atoms with Gasteiger partial charge in [-0.05, 0) is 25.1 Å². The third kappa shape index (κ3) is 2.25. The number of hydrogen-bond donors (Lipinski definition) is 0. The molecule has 2 aromatic heterocycles. The Hall–Kier alpha value is -2.34. The fourth-order valence-electron chi connectivity index (χ4n) is 2.22. The van der Waals surface area contributed by atoms with Gasteiger partial charge in [-0.2, -0.15) is 0 Å². The minimum Gasteiger partial charge on any atom is -0.299 e. The van der Waals surface area contributed by atoms with Gasteiger partial charge in [0.05, 0.1) is 5.39 Å². The number of aromatic nitrogens is 3. The zero-order valence-electron chi connectivity index (χ0n) is 11.7. The first-order valence-corrected chi connectivity index (χ1v) is 6.75. The summed E-state index contributed by atoms with van der Waals surface area (Å²) >= 11 is 5.94. The second-order valence-electron chi connectivity index (χ2n) is 4.84. The van der Waals surface area contributed by atoms with E-state index in [9.17, 15) is 13.6 Å². The van der Waals surface area contributed by atoms with Gasteiger partial charge in [0.15, 0.2) is 0 Å². The Labute approximate surface area is 129 Å². The predicted octanol–water partition coefficient (Wildman–Crippen LogP) is 3.24. The average molecular weight is 322 g/mol. The first kappa shape index (κ1) is 14.6. The highest BCUT2D eigenvalue weighted by molar-refractivity contribution is 6.30. The predicted molar refractivity (Wildman–Crippen MR) is 79.9 cm³/mol. The summed E-state index contributed by atoms with van der Waals surface area (Å²) < 4.78 is 28.5. The van der Waals surface area contributed by atoms with Crippen LogP contribution in [0.5, 0.6) is 0 Å². The molecule has 7 heteroatoms. The second kappa shape index (κ2) is 5.14. The van der Waals surface area contributed by atoms with Crippen LogP contribution in [0.4, 0.5) is 8.78 Å². The molecule has 0 aliphatic heterocycles. The number of benzene rings is 1. The van der Waals surface area contributed by atoms with Crippen LogP contribution in [0.1, 0.15) is 5.82 Å². The van der Waals surface area contributed by atoms with Crippen molar-refractivity contribution < 1.29 is 8.78 Å². The molecule has 4 nitrogen and oxygen atoms in total. The van der Waals surface area contributed by atoms with Gasteiger partial charge in [-0.1, -0.05) is 11.6 Å². The van der Waals surface area contributed by atoms with E-state index in [1.807, 2.05) is 0 Å². The van der Waals surface area contributed by atoms with Crippen molar-refractivity contribution in [2.45, 2.75) is 6.92 Å². The fraction of sp³-hybridized carbons (Fsp3) is 0.133. The molecular formula is C15H10ClF2N3O. The van der Waals surface area contributed by atoms with Crippen LogP contribution in [-0.4, -0.2) is 14.5 Å². The molecule has 0 saturated carbocycles. The largest absolute Gasteiger partial charge is 0.299 e. The van der Waals surface area contributed by atoms with Crippen molar-refractivity contribution in [2.24, 2.45) is 7.05 Å². The highest BCUT2D eigenvalue weighted by Gasteiger charge is 2.17. The first-order chi connectivity index (χ1) is 10.4. The van der Waals surface area contributed by atoms with Gasteiger partial charge >= 0.3 is 0 Å². The first-order valence-electron chi connectivity index (χ1n) is 6.38. The molecule has 112 valence electrons. The lowest BCUT2D eigenvalue weighted by molar-refractivity contribution is 0.585. The monoisotopic (exact) mass is 321 g/mol. The van der Waals surface area contributed by atoms with E-state index in [2.05, 4.69) is 9.97 Å². The lowest BCUT2D eigenvalue weighted by Gasteiger charge is -2.10. The number of fused-ring (bicyclic) bond motifs is 1. The van der Waals surface area contributed by atoms with E-state index in [0.29, 0.717) is 5.82 Å². The number of aryl methyl sites for hydroxylation is 1. The van der Waals surface area contributed by atoms with Crippen molar-refractivity contribution in [2.75, 3.05) is 0 Å². The normalized spacial score (nSPS) is 11.1. The molecule has 0 saturated heterocycles. The summed E-state index contributed by atoms with van der Waals surface area (Å²) in [7, 11) is 1.58. The number of pyridine rings is 1. The minimum absolute atomic E-state index is 0.0361. The van der Waals surface area contributed by atoms with Crippen LogP contribution >= 0.6 is 11.6 Å². The van der Waals surface area contributed by atoms with Gasteiger partial charge in [-0.15, -0.1) is 0 Å². The van der Waals surface area contributed by atoms with Gasteiger partial charge in [0.1, 0.15) is 33.8 Å². The van der Waals surface area contributed by atoms with Crippen molar-refractivity contribution in [1.29, 1.82) is 0 Å². The van der Waals surface area contributed by atoms with Crippen LogP contribution in [0.2, 0.25) is 5.15 Å².